The van der Waals surface area contributed by atoms with Gasteiger partial charge in [-0.25, -0.2) is 4.39 Å². The van der Waals surface area contributed by atoms with Crippen LogP contribution in [0.15, 0.2) is 28.9 Å². The highest BCUT2D eigenvalue weighted by Crippen LogP contribution is 2.27. The minimum Gasteiger partial charge on any atom is -0.310 e. The number of nitrogens with zero attached hydrogens (tertiary/aromatic N) is 2. The van der Waals surface area contributed by atoms with Gasteiger partial charge < -0.3 is 5.32 Å². The molecule has 0 unspecified atom stereocenters. The molecule has 0 spiro atoms. The summed E-state index contributed by atoms with van der Waals surface area (Å²) in [7, 11) is 1.85. The van der Waals surface area contributed by atoms with Crippen LogP contribution in [-0.2, 0) is 13.6 Å². The van der Waals surface area contributed by atoms with Crippen molar-refractivity contribution in [3.05, 3.63) is 40.2 Å². The molecule has 0 saturated carbocycles. The predicted octanol–water partition coefficient (Wildman–Crippen LogP) is 3.49. The summed E-state index contributed by atoms with van der Waals surface area (Å²) in [6.45, 7) is 4.84. The van der Waals surface area contributed by atoms with E-state index in [4.69, 9.17) is 0 Å². The van der Waals surface area contributed by atoms with E-state index in [1.54, 1.807) is 10.7 Å². The average Bonchev–Trinajstić information content (AvgIpc) is 2.67. The Labute approximate surface area is 121 Å². The molecule has 1 heterocycles. The summed E-state index contributed by atoms with van der Waals surface area (Å²) >= 11 is 3.26. The molecule has 19 heavy (non-hydrogen) atoms. The maximum absolute atomic E-state index is 14.0. The second-order valence-electron chi connectivity index (χ2n) is 4.84. The molecule has 0 bridgehead atoms. The van der Waals surface area contributed by atoms with E-state index in [1.807, 2.05) is 19.3 Å². The molecule has 1 aromatic carbocycles. The fourth-order valence-corrected chi connectivity index (χ4v) is 2.22. The van der Waals surface area contributed by atoms with Crippen molar-refractivity contribution in [2.45, 2.75) is 26.4 Å². The Balaban J connectivity index is 2.38. The summed E-state index contributed by atoms with van der Waals surface area (Å²) in [5, 5.41) is 7.70. The van der Waals surface area contributed by atoms with Gasteiger partial charge in [0.05, 0.1) is 5.69 Å². The molecule has 0 radical (unpaired) electrons. The fourth-order valence-electron chi connectivity index (χ4n) is 1.89. The Hall–Kier alpha value is -1.20. The summed E-state index contributed by atoms with van der Waals surface area (Å²) in [6, 6.07) is 5.42. The Bertz CT molecular complexity index is 578. The van der Waals surface area contributed by atoms with Crippen molar-refractivity contribution < 1.29 is 4.39 Å². The molecule has 1 N–H and O–H groups in total. The summed E-state index contributed by atoms with van der Waals surface area (Å²) in [5.74, 6) is -0.265. The number of halogens is 2. The second kappa shape index (κ2) is 5.84. The zero-order chi connectivity index (χ0) is 14.0. The molecule has 102 valence electrons. The molecule has 0 fully saturated rings. The largest absolute Gasteiger partial charge is 0.310 e. The number of benzene rings is 1. The smallest absolute Gasteiger partial charge is 0.133 e. The molecule has 2 rings (SSSR count). The zero-order valence-corrected chi connectivity index (χ0v) is 12.8. The lowest BCUT2D eigenvalue weighted by Crippen LogP contribution is -2.21. The van der Waals surface area contributed by atoms with E-state index in [2.05, 4.69) is 40.2 Å². The number of hydrogen-bond acceptors (Lipinski definition) is 2. The molecule has 1 aromatic heterocycles. The van der Waals surface area contributed by atoms with Crippen molar-refractivity contribution in [1.29, 1.82) is 0 Å². The third-order valence-electron chi connectivity index (χ3n) is 2.79. The molecule has 0 amide bonds. The highest BCUT2D eigenvalue weighted by atomic mass is 79.9. The summed E-state index contributed by atoms with van der Waals surface area (Å²) < 4.78 is 16.5. The van der Waals surface area contributed by atoms with Gasteiger partial charge in [0.1, 0.15) is 5.82 Å². The lowest BCUT2D eigenvalue weighted by atomic mass is 10.1. The van der Waals surface area contributed by atoms with Crippen LogP contribution in [0.4, 0.5) is 4.39 Å². The third-order valence-corrected chi connectivity index (χ3v) is 3.28. The molecular weight excluding hydrogens is 309 g/mol. The van der Waals surface area contributed by atoms with Crippen molar-refractivity contribution in [2.24, 2.45) is 7.05 Å². The maximum Gasteiger partial charge on any atom is 0.133 e. The number of aromatic nitrogens is 2. The van der Waals surface area contributed by atoms with Crippen molar-refractivity contribution in [1.82, 2.24) is 15.1 Å². The summed E-state index contributed by atoms with van der Waals surface area (Å²) in [6.07, 6.45) is 1.92. The fraction of sp³-hybridized carbons (Fsp3) is 0.357. The van der Waals surface area contributed by atoms with E-state index in [-0.39, 0.29) is 5.82 Å². The van der Waals surface area contributed by atoms with Gasteiger partial charge in [0.25, 0.3) is 0 Å². The number of rotatable bonds is 4. The lowest BCUT2D eigenvalue weighted by molar-refractivity contribution is 0.588. The van der Waals surface area contributed by atoms with Gasteiger partial charge in [-0.1, -0.05) is 29.8 Å². The van der Waals surface area contributed by atoms with E-state index in [1.165, 1.54) is 6.07 Å². The first-order chi connectivity index (χ1) is 8.97. The van der Waals surface area contributed by atoms with Crippen LogP contribution in [0, 0.1) is 5.82 Å². The van der Waals surface area contributed by atoms with Crippen molar-refractivity contribution >= 4 is 15.9 Å². The predicted molar refractivity (Wildman–Crippen MR) is 78.3 cm³/mol. The molecule has 0 saturated heterocycles. The monoisotopic (exact) mass is 325 g/mol. The first-order valence-electron chi connectivity index (χ1n) is 6.18. The molecule has 0 atom stereocenters. The van der Waals surface area contributed by atoms with Crippen LogP contribution >= 0.6 is 15.9 Å². The molecule has 2 aromatic rings. The van der Waals surface area contributed by atoms with Crippen LogP contribution in [0.1, 0.15) is 19.4 Å². The second-order valence-corrected chi connectivity index (χ2v) is 5.75. The Morgan fingerprint density at radius 3 is 2.79 bits per heavy atom. The minimum atomic E-state index is -0.265. The first-order valence-corrected chi connectivity index (χ1v) is 6.98. The highest BCUT2D eigenvalue weighted by Gasteiger charge is 2.14. The van der Waals surface area contributed by atoms with E-state index in [0.717, 1.165) is 10.0 Å². The van der Waals surface area contributed by atoms with Gasteiger partial charge >= 0.3 is 0 Å². The van der Waals surface area contributed by atoms with Crippen molar-refractivity contribution in [3.63, 3.8) is 0 Å². The van der Waals surface area contributed by atoms with Gasteiger partial charge in [-0.2, -0.15) is 5.10 Å². The number of aryl methyl sites for hydroxylation is 1. The Morgan fingerprint density at radius 1 is 1.42 bits per heavy atom. The van der Waals surface area contributed by atoms with E-state index >= 15 is 0 Å². The lowest BCUT2D eigenvalue weighted by Gasteiger charge is -2.08. The summed E-state index contributed by atoms with van der Waals surface area (Å²) in [5.41, 5.74) is 2.22. The van der Waals surface area contributed by atoms with E-state index in [0.29, 0.717) is 23.8 Å². The summed E-state index contributed by atoms with van der Waals surface area (Å²) in [4.78, 5) is 0. The molecular formula is C14H17BrFN3. The SMILES string of the molecule is CC(C)NCc1cn(C)nc1-c1ccc(Br)cc1F. The number of nitrogens with one attached hydrogen (secondary N) is 1. The highest BCUT2D eigenvalue weighted by molar-refractivity contribution is 9.10. The molecule has 5 heteroatoms. The Morgan fingerprint density at radius 2 is 2.16 bits per heavy atom. The van der Waals surface area contributed by atoms with Gasteiger partial charge in [0.15, 0.2) is 0 Å². The Kier molecular flexibility index (Phi) is 4.37. The van der Waals surface area contributed by atoms with Gasteiger partial charge in [-0.15, -0.1) is 0 Å². The van der Waals surface area contributed by atoms with Crippen molar-refractivity contribution in [3.8, 4) is 11.3 Å². The van der Waals surface area contributed by atoms with Gasteiger partial charge in [-0.05, 0) is 18.2 Å². The van der Waals surface area contributed by atoms with Crippen LogP contribution in [0.3, 0.4) is 0 Å². The maximum atomic E-state index is 14.0. The van der Waals surface area contributed by atoms with Crippen LogP contribution < -0.4 is 5.32 Å². The van der Waals surface area contributed by atoms with Gasteiger partial charge in [0, 0.05) is 41.4 Å². The van der Waals surface area contributed by atoms with Gasteiger partial charge in [-0.3, -0.25) is 4.68 Å². The minimum absolute atomic E-state index is 0.265. The topological polar surface area (TPSA) is 29.9 Å². The first kappa shape index (κ1) is 14.2. The number of hydrogen-bond donors (Lipinski definition) is 1. The van der Waals surface area contributed by atoms with Crippen molar-refractivity contribution in [2.75, 3.05) is 0 Å². The molecule has 0 aliphatic carbocycles. The van der Waals surface area contributed by atoms with Gasteiger partial charge in [0.2, 0.25) is 0 Å². The molecule has 0 aliphatic rings. The van der Waals surface area contributed by atoms with Crippen LogP contribution in [-0.4, -0.2) is 15.8 Å². The molecule has 0 aliphatic heterocycles. The standard InChI is InChI=1S/C14H17BrFN3/c1-9(2)17-7-10-8-19(3)18-14(10)12-5-4-11(15)6-13(12)16/h4-6,8-9,17H,7H2,1-3H3. The van der Waals surface area contributed by atoms with E-state index < -0.39 is 0 Å². The zero-order valence-electron chi connectivity index (χ0n) is 11.2. The van der Waals surface area contributed by atoms with E-state index in [9.17, 15) is 4.39 Å². The quantitative estimate of drug-likeness (QED) is 0.932. The van der Waals surface area contributed by atoms with Crippen LogP contribution in [0.25, 0.3) is 11.3 Å². The average molecular weight is 326 g/mol. The van der Waals surface area contributed by atoms with Crippen LogP contribution in [0.5, 0.6) is 0 Å². The third kappa shape index (κ3) is 3.42. The van der Waals surface area contributed by atoms with Crippen LogP contribution in [0.2, 0.25) is 0 Å². The normalized spacial score (nSPS) is 11.3. The molecule has 3 nitrogen and oxygen atoms in total.